The maximum atomic E-state index is 12.5. The molecule has 124 valence electrons. The van der Waals surface area contributed by atoms with Crippen molar-refractivity contribution in [2.45, 2.75) is 27.7 Å². The average molecular weight is 357 g/mol. The second-order valence-electron chi connectivity index (χ2n) is 5.39. The molecule has 22 heavy (non-hydrogen) atoms. The molecule has 1 aromatic carbocycles. The van der Waals surface area contributed by atoms with E-state index in [1.165, 1.54) is 12.1 Å². The molecule has 0 radical (unpaired) electrons. The van der Waals surface area contributed by atoms with Gasteiger partial charge in [-0.15, -0.1) is 0 Å². The molecular formula is C16H28CaO4S. The Morgan fingerprint density at radius 1 is 1.00 bits per heavy atom. The first kappa shape index (κ1) is 21.8. The fourth-order valence-electron chi connectivity index (χ4n) is 2.67. The van der Waals surface area contributed by atoms with Crippen molar-refractivity contribution >= 4 is 59.1 Å². The van der Waals surface area contributed by atoms with Crippen LogP contribution in [0, 0.1) is 0 Å². The van der Waals surface area contributed by atoms with Crippen molar-refractivity contribution in [2.24, 2.45) is 0 Å². The predicted octanol–water partition coefficient (Wildman–Crippen LogP) is 2.69. The topological polar surface area (TPSA) is 63.6 Å². The number of carboxylic acids is 1. The van der Waals surface area contributed by atoms with Crippen LogP contribution >= 0.6 is 9.44 Å². The molecule has 0 aliphatic heterocycles. The van der Waals surface area contributed by atoms with Crippen molar-refractivity contribution in [1.29, 1.82) is 0 Å². The number of thiol groups is 1. The molecule has 0 spiro atoms. The summed E-state index contributed by atoms with van der Waals surface area (Å²) in [4.78, 5) is 23.5. The molecule has 0 bridgehead atoms. The van der Waals surface area contributed by atoms with Gasteiger partial charge in [-0.25, -0.2) is 9.59 Å². The summed E-state index contributed by atoms with van der Waals surface area (Å²) < 4.78 is 6.04. The molecule has 0 heterocycles. The van der Waals surface area contributed by atoms with Crippen LogP contribution < -0.4 is 0 Å². The summed E-state index contributed by atoms with van der Waals surface area (Å²) in [6.45, 7) is 8.31. The van der Waals surface area contributed by atoms with Crippen LogP contribution in [0.3, 0.4) is 0 Å². The number of benzene rings is 1. The monoisotopic (exact) mass is 356 g/mol. The van der Waals surface area contributed by atoms with Crippen molar-refractivity contribution in [3.05, 3.63) is 35.4 Å². The third-order valence-corrected chi connectivity index (χ3v) is 12.0. The molecule has 0 fully saturated rings. The summed E-state index contributed by atoms with van der Waals surface area (Å²) in [7, 11) is -2.51. The quantitative estimate of drug-likeness (QED) is 0.582. The molecule has 0 amide bonds. The SMILES string of the molecule is CC[SH](CC)(CC)(CC)OC(=O)c1cccc(C(=O)O)c1.[CaH2]. The fraction of sp³-hybridized carbons (Fsp3) is 0.500. The normalized spacial score (nSPS) is 12.6. The zero-order valence-electron chi connectivity index (χ0n) is 13.3. The van der Waals surface area contributed by atoms with Crippen LogP contribution in [0.2, 0.25) is 0 Å². The van der Waals surface area contributed by atoms with E-state index in [0.29, 0.717) is 5.56 Å². The van der Waals surface area contributed by atoms with E-state index in [-0.39, 0.29) is 43.3 Å². The van der Waals surface area contributed by atoms with Crippen LogP contribution in [0.1, 0.15) is 48.4 Å². The molecule has 0 unspecified atom stereocenters. The van der Waals surface area contributed by atoms with Gasteiger partial charge in [-0.05, 0) is 41.2 Å². The van der Waals surface area contributed by atoms with Gasteiger partial charge in [0.25, 0.3) is 0 Å². The first-order chi connectivity index (χ1) is 9.85. The first-order valence-corrected chi connectivity index (χ1v) is 10.3. The summed E-state index contributed by atoms with van der Waals surface area (Å²) in [6.07, 6.45) is 0. The van der Waals surface area contributed by atoms with Crippen LogP contribution in [0.15, 0.2) is 24.3 Å². The van der Waals surface area contributed by atoms with Gasteiger partial charge in [0, 0.05) is 0 Å². The van der Waals surface area contributed by atoms with Gasteiger partial charge < -0.3 is 9.29 Å². The molecule has 0 saturated carbocycles. The summed E-state index contributed by atoms with van der Waals surface area (Å²) in [6, 6.07) is 6.03. The minimum atomic E-state index is -2.51. The zero-order valence-corrected chi connectivity index (χ0v) is 14.2. The molecule has 6 heteroatoms. The number of carboxylic acid groups (broad SMARTS) is 1. The summed E-state index contributed by atoms with van der Waals surface area (Å²) in [5.41, 5.74) is 0.415. The van der Waals surface area contributed by atoms with Gasteiger partial charge in [0.05, 0.1) is 11.1 Å². The molecule has 0 aliphatic rings. The van der Waals surface area contributed by atoms with Crippen molar-refractivity contribution in [3.8, 4) is 0 Å². The van der Waals surface area contributed by atoms with Crippen LogP contribution in [0.25, 0.3) is 0 Å². The van der Waals surface area contributed by atoms with Gasteiger partial charge in [0.1, 0.15) is 0 Å². The standard InChI is InChI=1S/C16H26O4S.Ca.2H/c1-5-21(6-2,7-3,8-4)20-16(19)14-11-9-10-13(12-14)15(17)18;;;/h9-12,21H,5-8H2,1-4H3,(H,17,18);;;. The fourth-order valence-corrected chi connectivity index (χ4v) is 6.44. The van der Waals surface area contributed by atoms with Crippen LogP contribution in [0.5, 0.6) is 0 Å². The van der Waals surface area contributed by atoms with Crippen molar-refractivity contribution in [3.63, 3.8) is 0 Å². The van der Waals surface area contributed by atoms with Crippen molar-refractivity contribution in [2.75, 3.05) is 23.0 Å². The third-order valence-electron chi connectivity index (χ3n) is 4.89. The number of aromatic carboxylic acids is 1. The van der Waals surface area contributed by atoms with E-state index in [2.05, 4.69) is 27.7 Å². The Bertz CT molecular complexity index is 517. The number of hydrogen-bond donors (Lipinski definition) is 2. The van der Waals surface area contributed by atoms with Crippen LogP contribution in [0.4, 0.5) is 0 Å². The van der Waals surface area contributed by atoms with Gasteiger partial charge in [-0.3, -0.25) is 0 Å². The van der Waals surface area contributed by atoms with Crippen LogP contribution in [-0.2, 0) is 4.18 Å². The van der Waals surface area contributed by atoms with Gasteiger partial charge in [0.2, 0.25) is 0 Å². The Labute approximate surface area is 163 Å². The van der Waals surface area contributed by atoms with Crippen LogP contribution in [-0.4, -0.2) is 77.8 Å². The average Bonchev–Trinajstić information content (AvgIpc) is 2.53. The Kier molecular flexibility index (Phi) is 8.48. The molecule has 1 N–H and O–H groups in total. The molecule has 0 saturated heterocycles. The third kappa shape index (κ3) is 4.40. The molecule has 1 rings (SSSR count). The number of hydrogen-bond acceptors (Lipinski definition) is 3. The summed E-state index contributed by atoms with van der Waals surface area (Å²) in [5, 5.41) is 9.02. The van der Waals surface area contributed by atoms with Gasteiger partial charge in [-0.2, -0.15) is 9.44 Å². The molecule has 0 atom stereocenters. The Morgan fingerprint density at radius 2 is 1.45 bits per heavy atom. The predicted molar refractivity (Wildman–Crippen MR) is 98.5 cm³/mol. The second-order valence-corrected chi connectivity index (χ2v) is 11.8. The molecule has 0 aromatic heterocycles. The van der Waals surface area contributed by atoms with Crippen molar-refractivity contribution < 1.29 is 18.9 Å². The summed E-state index contributed by atoms with van der Waals surface area (Å²) >= 11 is 0. The van der Waals surface area contributed by atoms with Gasteiger partial charge in [-0.1, -0.05) is 33.8 Å². The maximum absolute atomic E-state index is 12.5. The van der Waals surface area contributed by atoms with Crippen molar-refractivity contribution in [1.82, 2.24) is 0 Å². The van der Waals surface area contributed by atoms with E-state index >= 15 is 0 Å². The molecule has 4 nitrogen and oxygen atoms in total. The van der Waals surface area contributed by atoms with E-state index in [4.69, 9.17) is 9.29 Å². The van der Waals surface area contributed by atoms with E-state index in [9.17, 15) is 9.59 Å². The van der Waals surface area contributed by atoms with Gasteiger partial charge in [0.15, 0.2) is 0 Å². The molecule has 1 aromatic rings. The Morgan fingerprint density at radius 3 is 1.86 bits per heavy atom. The van der Waals surface area contributed by atoms with Gasteiger partial charge >= 0.3 is 49.7 Å². The van der Waals surface area contributed by atoms with E-state index in [1.54, 1.807) is 12.1 Å². The summed E-state index contributed by atoms with van der Waals surface area (Å²) in [5.74, 6) is 2.00. The Hall–Kier alpha value is -0.230. The van der Waals surface area contributed by atoms with E-state index in [1.807, 2.05) is 0 Å². The number of carbonyl (C=O) groups excluding carboxylic acids is 1. The second kappa shape index (κ2) is 8.57. The molecular weight excluding hydrogens is 328 g/mol. The van der Waals surface area contributed by atoms with E-state index in [0.717, 1.165) is 23.0 Å². The number of rotatable bonds is 7. The number of carbonyl (C=O) groups is 2. The minimum absolute atomic E-state index is 0. The first-order valence-electron chi connectivity index (χ1n) is 7.43. The Balaban J connectivity index is 0.00000441. The molecule has 0 aliphatic carbocycles. The zero-order chi connectivity index (χ0) is 16.1. The van der Waals surface area contributed by atoms with E-state index < -0.39 is 21.4 Å².